The summed E-state index contributed by atoms with van der Waals surface area (Å²) in [6.07, 6.45) is 0.937. The van der Waals surface area contributed by atoms with Gasteiger partial charge in [-0.05, 0) is 19.3 Å². The summed E-state index contributed by atoms with van der Waals surface area (Å²) in [7, 11) is -6.46. The molecule has 0 radical (unpaired) electrons. The van der Waals surface area contributed by atoms with E-state index in [-0.39, 0.29) is 24.3 Å². The Morgan fingerprint density at radius 3 is 2.42 bits per heavy atom. The molecule has 0 spiro atoms. The van der Waals surface area contributed by atoms with Crippen LogP contribution >= 0.6 is 0 Å². The van der Waals surface area contributed by atoms with Gasteiger partial charge in [-0.1, -0.05) is 0 Å². The lowest BCUT2D eigenvalue weighted by Gasteiger charge is -2.22. The molecule has 0 bridgehead atoms. The zero-order valence-electron chi connectivity index (χ0n) is 10.9. The molecule has 0 aromatic carbocycles. The first-order valence-corrected chi connectivity index (χ1v) is 9.71. The van der Waals surface area contributed by atoms with Crippen LogP contribution in [0.1, 0.15) is 19.3 Å². The number of hydrogen-bond donors (Lipinski definition) is 2. The largest absolute Gasteiger partial charge is 0.380 e. The minimum Gasteiger partial charge on any atom is -0.380 e. The first-order chi connectivity index (χ1) is 8.87. The number of ether oxygens (including phenoxy) is 1. The molecular formula is C10H22N2O5S2. The summed E-state index contributed by atoms with van der Waals surface area (Å²) in [4.78, 5) is 0. The van der Waals surface area contributed by atoms with Gasteiger partial charge in [0.1, 0.15) is 9.84 Å². The fourth-order valence-electron chi connectivity index (χ4n) is 1.87. The summed E-state index contributed by atoms with van der Waals surface area (Å²) in [6.45, 7) is 1.67. The molecule has 19 heavy (non-hydrogen) atoms. The Labute approximate surface area is 114 Å². The van der Waals surface area contributed by atoms with Crippen molar-refractivity contribution in [3.8, 4) is 0 Å². The van der Waals surface area contributed by atoms with Crippen LogP contribution in [-0.2, 0) is 24.6 Å². The van der Waals surface area contributed by atoms with Crippen LogP contribution in [0.3, 0.4) is 0 Å². The van der Waals surface area contributed by atoms with Crippen LogP contribution in [0.4, 0.5) is 0 Å². The van der Waals surface area contributed by atoms with Gasteiger partial charge in [-0.15, -0.1) is 0 Å². The number of hydrogen-bond acceptors (Lipinski definition) is 6. The smallest absolute Gasteiger partial charge is 0.214 e. The summed E-state index contributed by atoms with van der Waals surface area (Å²) in [6, 6.07) is 0. The highest BCUT2D eigenvalue weighted by Gasteiger charge is 2.32. The van der Waals surface area contributed by atoms with Crippen molar-refractivity contribution in [1.29, 1.82) is 0 Å². The van der Waals surface area contributed by atoms with E-state index in [0.717, 1.165) is 0 Å². The molecule has 0 saturated carbocycles. The summed E-state index contributed by atoms with van der Waals surface area (Å²) in [5, 5.41) is -0.596. The highest BCUT2D eigenvalue weighted by atomic mass is 32.2. The number of rotatable bonds is 8. The summed E-state index contributed by atoms with van der Waals surface area (Å²) in [5.41, 5.74) is 5.25. The van der Waals surface area contributed by atoms with Crippen molar-refractivity contribution in [2.45, 2.75) is 24.5 Å². The molecule has 1 aliphatic heterocycles. The van der Waals surface area contributed by atoms with Gasteiger partial charge in [0.25, 0.3) is 0 Å². The van der Waals surface area contributed by atoms with E-state index in [1.807, 2.05) is 0 Å². The molecule has 9 heteroatoms. The van der Waals surface area contributed by atoms with Crippen molar-refractivity contribution in [2.24, 2.45) is 5.73 Å². The highest BCUT2D eigenvalue weighted by Crippen LogP contribution is 2.18. The maximum absolute atomic E-state index is 11.9. The van der Waals surface area contributed by atoms with Crippen LogP contribution in [0.5, 0.6) is 0 Å². The third-order valence-electron chi connectivity index (χ3n) is 2.97. The Kier molecular flexibility index (Phi) is 6.67. The average Bonchev–Trinajstić information content (AvgIpc) is 2.33. The standard InChI is InChI=1S/C10H22N2O5S2/c11-4-7-17-6-1-5-12-19(15,16)10-2-8-18(13,14)9-3-10/h10,12H,1-9,11H2. The Morgan fingerprint density at radius 2 is 1.84 bits per heavy atom. The normalized spacial score (nSPS) is 20.5. The quantitative estimate of drug-likeness (QED) is 0.547. The maximum Gasteiger partial charge on any atom is 0.214 e. The summed E-state index contributed by atoms with van der Waals surface area (Å²) >= 11 is 0. The molecule has 0 amide bonds. The second-order valence-electron chi connectivity index (χ2n) is 4.55. The van der Waals surface area contributed by atoms with E-state index < -0.39 is 25.1 Å². The lowest BCUT2D eigenvalue weighted by Crippen LogP contribution is -2.40. The number of nitrogens with two attached hydrogens (primary N) is 1. The number of sulfonamides is 1. The molecule has 0 aromatic rings. The lowest BCUT2D eigenvalue weighted by atomic mass is 10.2. The van der Waals surface area contributed by atoms with Crippen molar-refractivity contribution in [1.82, 2.24) is 4.72 Å². The topological polar surface area (TPSA) is 116 Å². The molecule has 1 saturated heterocycles. The average molecular weight is 314 g/mol. The molecule has 1 rings (SSSR count). The first-order valence-electron chi connectivity index (χ1n) is 6.34. The SMILES string of the molecule is NCCOCCCNS(=O)(=O)C1CCS(=O)(=O)CC1. The minimum atomic E-state index is -3.42. The van der Waals surface area contributed by atoms with Crippen LogP contribution < -0.4 is 10.5 Å². The predicted molar refractivity (Wildman–Crippen MR) is 73.1 cm³/mol. The van der Waals surface area contributed by atoms with Crippen molar-refractivity contribution in [3.05, 3.63) is 0 Å². The molecule has 0 aliphatic carbocycles. The van der Waals surface area contributed by atoms with Gasteiger partial charge < -0.3 is 10.5 Å². The van der Waals surface area contributed by atoms with Crippen LogP contribution in [0, 0.1) is 0 Å². The molecule has 0 atom stereocenters. The number of sulfone groups is 1. The van der Waals surface area contributed by atoms with Crippen molar-refractivity contribution < 1.29 is 21.6 Å². The van der Waals surface area contributed by atoms with Gasteiger partial charge in [-0.2, -0.15) is 0 Å². The minimum absolute atomic E-state index is 0.0435. The van der Waals surface area contributed by atoms with Crippen LogP contribution in [0.2, 0.25) is 0 Å². The molecule has 0 unspecified atom stereocenters. The van der Waals surface area contributed by atoms with Gasteiger partial charge >= 0.3 is 0 Å². The van der Waals surface area contributed by atoms with Gasteiger partial charge in [0.2, 0.25) is 10.0 Å². The molecule has 1 aliphatic rings. The first kappa shape index (κ1) is 16.8. The molecule has 1 fully saturated rings. The monoisotopic (exact) mass is 314 g/mol. The van der Waals surface area contributed by atoms with E-state index >= 15 is 0 Å². The molecule has 3 N–H and O–H groups in total. The van der Waals surface area contributed by atoms with E-state index in [1.54, 1.807) is 0 Å². The van der Waals surface area contributed by atoms with E-state index in [2.05, 4.69) is 4.72 Å². The third kappa shape index (κ3) is 6.17. The Bertz CT molecular complexity index is 446. The second-order valence-corrected chi connectivity index (χ2v) is 8.89. The molecule has 1 heterocycles. The van der Waals surface area contributed by atoms with Crippen LogP contribution in [0.25, 0.3) is 0 Å². The van der Waals surface area contributed by atoms with E-state index in [9.17, 15) is 16.8 Å². The third-order valence-corrected chi connectivity index (χ3v) is 6.64. The van der Waals surface area contributed by atoms with Crippen LogP contribution in [0.15, 0.2) is 0 Å². The van der Waals surface area contributed by atoms with Crippen molar-refractivity contribution >= 4 is 19.9 Å². The second kappa shape index (κ2) is 7.53. The summed E-state index contributed by atoms with van der Waals surface area (Å²) < 4.78 is 54.0. The predicted octanol–water partition coefficient (Wildman–Crippen LogP) is -1.15. The van der Waals surface area contributed by atoms with Gasteiger partial charge in [0, 0.05) is 19.7 Å². The van der Waals surface area contributed by atoms with E-state index in [4.69, 9.17) is 10.5 Å². The Morgan fingerprint density at radius 1 is 1.21 bits per heavy atom. The van der Waals surface area contributed by atoms with Gasteiger partial charge in [0.05, 0.1) is 23.4 Å². The fraction of sp³-hybridized carbons (Fsp3) is 1.00. The zero-order valence-corrected chi connectivity index (χ0v) is 12.5. The Hall–Kier alpha value is -0.220. The van der Waals surface area contributed by atoms with E-state index in [1.165, 1.54) is 0 Å². The molecule has 114 valence electrons. The molecule has 7 nitrogen and oxygen atoms in total. The van der Waals surface area contributed by atoms with Crippen LogP contribution in [-0.4, -0.2) is 59.9 Å². The van der Waals surface area contributed by atoms with Gasteiger partial charge in [0.15, 0.2) is 0 Å². The maximum atomic E-state index is 11.9. The zero-order chi connectivity index (χ0) is 14.4. The molecular weight excluding hydrogens is 292 g/mol. The van der Waals surface area contributed by atoms with Crippen molar-refractivity contribution in [3.63, 3.8) is 0 Å². The van der Waals surface area contributed by atoms with Gasteiger partial charge in [-0.3, -0.25) is 0 Å². The van der Waals surface area contributed by atoms with Crippen molar-refractivity contribution in [2.75, 3.05) is 37.8 Å². The number of nitrogens with one attached hydrogen (secondary N) is 1. The fourth-order valence-corrected chi connectivity index (χ4v) is 5.18. The summed E-state index contributed by atoms with van der Waals surface area (Å²) in [5.74, 6) is -0.0869. The highest BCUT2D eigenvalue weighted by molar-refractivity contribution is 7.92. The van der Waals surface area contributed by atoms with Gasteiger partial charge in [-0.25, -0.2) is 21.6 Å². The Balaban J connectivity index is 2.28. The van der Waals surface area contributed by atoms with E-state index in [0.29, 0.717) is 32.7 Å². The molecule has 0 aromatic heterocycles. The lowest BCUT2D eigenvalue weighted by molar-refractivity contribution is 0.140.